The number of nitrogens with one attached hydrogen (secondary N) is 1. The van der Waals surface area contributed by atoms with Crippen LogP contribution in [0.4, 0.5) is 13.2 Å². The van der Waals surface area contributed by atoms with E-state index in [0.717, 1.165) is 44.6 Å². The highest BCUT2D eigenvalue weighted by atomic mass is 35.5. The summed E-state index contributed by atoms with van der Waals surface area (Å²) in [5.74, 6) is 0. The Bertz CT molecular complexity index is 457. The van der Waals surface area contributed by atoms with Gasteiger partial charge in [-0.3, -0.25) is 4.90 Å². The third-order valence-electron chi connectivity index (χ3n) is 3.86. The van der Waals surface area contributed by atoms with E-state index in [-0.39, 0.29) is 30.9 Å². The van der Waals surface area contributed by atoms with Crippen LogP contribution in [-0.2, 0) is 6.18 Å². The molecular formula is C16H23Cl2F3N2. The Morgan fingerprint density at radius 2 is 1.70 bits per heavy atom. The van der Waals surface area contributed by atoms with E-state index in [1.54, 1.807) is 12.1 Å². The number of alkyl halides is 3. The van der Waals surface area contributed by atoms with E-state index in [9.17, 15) is 13.2 Å². The highest BCUT2D eigenvalue weighted by Crippen LogP contribution is 2.32. The molecule has 1 aromatic carbocycles. The minimum atomic E-state index is -4.27. The number of nitrogens with zero attached hydrogens (tertiary/aromatic N) is 1. The van der Waals surface area contributed by atoms with E-state index in [1.807, 2.05) is 6.08 Å². The van der Waals surface area contributed by atoms with Crippen molar-refractivity contribution in [3.63, 3.8) is 0 Å². The van der Waals surface area contributed by atoms with Gasteiger partial charge in [-0.2, -0.15) is 13.2 Å². The van der Waals surface area contributed by atoms with Crippen LogP contribution in [0.25, 0.3) is 0 Å². The summed E-state index contributed by atoms with van der Waals surface area (Å²) in [5.41, 5.74) is 0.362. The summed E-state index contributed by atoms with van der Waals surface area (Å²) >= 11 is 0. The van der Waals surface area contributed by atoms with Crippen molar-refractivity contribution in [3.05, 3.63) is 48.0 Å². The van der Waals surface area contributed by atoms with Crippen LogP contribution in [0.15, 0.2) is 36.9 Å². The van der Waals surface area contributed by atoms with Crippen LogP contribution >= 0.6 is 24.8 Å². The van der Waals surface area contributed by atoms with Crippen molar-refractivity contribution in [1.82, 2.24) is 10.2 Å². The molecule has 0 spiro atoms. The third-order valence-corrected chi connectivity index (χ3v) is 3.86. The number of benzene rings is 1. The summed E-state index contributed by atoms with van der Waals surface area (Å²) in [5, 5.41) is 3.30. The van der Waals surface area contributed by atoms with Crippen molar-refractivity contribution in [2.75, 3.05) is 26.2 Å². The van der Waals surface area contributed by atoms with E-state index < -0.39 is 11.7 Å². The minimum Gasteiger partial charge on any atom is -0.314 e. The van der Waals surface area contributed by atoms with Gasteiger partial charge in [0, 0.05) is 32.2 Å². The van der Waals surface area contributed by atoms with E-state index in [1.165, 1.54) is 12.1 Å². The maximum absolute atomic E-state index is 12.6. The molecule has 0 aromatic heterocycles. The van der Waals surface area contributed by atoms with Crippen LogP contribution in [0, 0.1) is 0 Å². The second kappa shape index (κ2) is 10.2. The van der Waals surface area contributed by atoms with Crippen LogP contribution < -0.4 is 5.32 Å². The highest BCUT2D eigenvalue weighted by molar-refractivity contribution is 5.85. The zero-order chi connectivity index (χ0) is 15.3. The predicted octanol–water partition coefficient (Wildman–Crippen LogP) is 4.46. The molecule has 132 valence electrons. The van der Waals surface area contributed by atoms with Gasteiger partial charge in [0.15, 0.2) is 0 Å². The third kappa shape index (κ3) is 6.34. The molecule has 1 aromatic rings. The van der Waals surface area contributed by atoms with Crippen LogP contribution in [0.3, 0.4) is 0 Å². The molecule has 1 aliphatic rings. The van der Waals surface area contributed by atoms with Crippen LogP contribution in [0.5, 0.6) is 0 Å². The Kier molecular flexibility index (Phi) is 9.85. The van der Waals surface area contributed by atoms with E-state index in [0.29, 0.717) is 0 Å². The highest BCUT2D eigenvalue weighted by Gasteiger charge is 2.30. The molecule has 1 fully saturated rings. The van der Waals surface area contributed by atoms with Gasteiger partial charge in [0.1, 0.15) is 0 Å². The zero-order valence-corrected chi connectivity index (χ0v) is 14.4. The number of hydrogen-bond donors (Lipinski definition) is 1. The van der Waals surface area contributed by atoms with Crippen LogP contribution in [0.1, 0.15) is 30.0 Å². The van der Waals surface area contributed by atoms with Gasteiger partial charge in [-0.05, 0) is 30.5 Å². The van der Waals surface area contributed by atoms with Gasteiger partial charge in [-0.15, -0.1) is 31.4 Å². The number of allylic oxidation sites excluding steroid dienone is 1. The van der Waals surface area contributed by atoms with Crippen LogP contribution in [0.2, 0.25) is 0 Å². The zero-order valence-electron chi connectivity index (χ0n) is 12.8. The first-order valence-electron chi connectivity index (χ1n) is 7.25. The first kappa shape index (κ1) is 22.2. The number of hydrogen-bond acceptors (Lipinski definition) is 2. The Morgan fingerprint density at radius 3 is 2.17 bits per heavy atom. The molecule has 1 aliphatic heterocycles. The lowest BCUT2D eigenvalue weighted by Gasteiger charge is -2.35. The lowest BCUT2D eigenvalue weighted by Crippen LogP contribution is -2.45. The predicted molar refractivity (Wildman–Crippen MR) is 92.6 cm³/mol. The van der Waals surface area contributed by atoms with Gasteiger partial charge in [-0.25, -0.2) is 0 Å². The van der Waals surface area contributed by atoms with Crippen molar-refractivity contribution in [3.8, 4) is 0 Å². The maximum Gasteiger partial charge on any atom is 0.416 e. The SMILES string of the molecule is C=CCC[C@@H](c1ccc(C(F)(F)F)cc1)N1CCNCC1.Cl.Cl. The summed E-state index contributed by atoms with van der Waals surface area (Å²) < 4.78 is 37.9. The molecule has 1 N–H and O–H groups in total. The number of halogens is 5. The Morgan fingerprint density at radius 1 is 1.13 bits per heavy atom. The second-order valence-electron chi connectivity index (χ2n) is 5.29. The average molecular weight is 371 g/mol. The Hall–Kier alpha value is -0.750. The normalized spacial score (nSPS) is 16.8. The van der Waals surface area contributed by atoms with Crippen LogP contribution in [-0.4, -0.2) is 31.1 Å². The molecule has 0 amide bonds. The molecule has 0 aliphatic carbocycles. The molecule has 23 heavy (non-hydrogen) atoms. The molecule has 1 saturated heterocycles. The molecule has 0 bridgehead atoms. The van der Waals surface area contributed by atoms with Crippen molar-refractivity contribution < 1.29 is 13.2 Å². The summed E-state index contributed by atoms with van der Waals surface area (Å²) in [4.78, 5) is 2.34. The quantitative estimate of drug-likeness (QED) is 0.769. The standard InChI is InChI=1S/C16H21F3N2.2ClH/c1-2-3-4-15(21-11-9-20-10-12-21)13-5-7-14(8-6-13)16(17,18)19;;/h2,5-8,15,20H,1,3-4,9-12H2;2*1H/t15-;;/m0../s1. The monoisotopic (exact) mass is 370 g/mol. The molecule has 1 heterocycles. The van der Waals surface area contributed by atoms with Crippen molar-refractivity contribution in [2.24, 2.45) is 0 Å². The van der Waals surface area contributed by atoms with E-state index >= 15 is 0 Å². The van der Waals surface area contributed by atoms with Gasteiger partial charge < -0.3 is 5.32 Å². The summed E-state index contributed by atoms with van der Waals surface area (Å²) in [6.07, 6.45) is -0.673. The van der Waals surface area contributed by atoms with Crippen molar-refractivity contribution in [1.29, 1.82) is 0 Å². The molecule has 2 nitrogen and oxygen atoms in total. The molecule has 0 unspecified atom stereocenters. The van der Waals surface area contributed by atoms with E-state index in [2.05, 4.69) is 16.8 Å². The smallest absolute Gasteiger partial charge is 0.314 e. The van der Waals surface area contributed by atoms with Gasteiger partial charge >= 0.3 is 6.18 Å². The van der Waals surface area contributed by atoms with Gasteiger partial charge in [0.25, 0.3) is 0 Å². The second-order valence-corrected chi connectivity index (χ2v) is 5.29. The van der Waals surface area contributed by atoms with Gasteiger partial charge in [0.2, 0.25) is 0 Å². The number of piperazine rings is 1. The fourth-order valence-electron chi connectivity index (χ4n) is 2.72. The molecule has 0 radical (unpaired) electrons. The molecular weight excluding hydrogens is 348 g/mol. The molecule has 7 heteroatoms. The largest absolute Gasteiger partial charge is 0.416 e. The Balaban J connectivity index is 0.00000242. The summed E-state index contributed by atoms with van der Waals surface area (Å²) in [7, 11) is 0. The Labute approximate surface area is 147 Å². The average Bonchev–Trinajstić information content (AvgIpc) is 2.48. The first-order chi connectivity index (χ1) is 10.0. The van der Waals surface area contributed by atoms with Crippen molar-refractivity contribution in [2.45, 2.75) is 25.1 Å². The fraction of sp³-hybridized carbons (Fsp3) is 0.500. The van der Waals surface area contributed by atoms with Gasteiger partial charge in [-0.1, -0.05) is 18.2 Å². The fourth-order valence-corrected chi connectivity index (χ4v) is 2.72. The lowest BCUT2D eigenvalue weighted by molar-refractivity contribution is -0.137. The van der Waals surface area contributed by atoms with Gasteiger partial charge in [0.05, 0.1) is 5.56 Å². The minimum absolute atomic E-state index is 0. The summed E-state index contributed by atoms with van der Waals surface area (Å²) in [6, 6.07) is 5.74. The topological polar surface area (TPSA) is 15.3 Å². The molecule has 1 atom stereocenters. The maximum atomic E-state index is 12.6. The van der Waals surface area contributed by atoms with E-state index in [4.69, 9.17) is 0 Å². The lowest BCUT2D eigenvalue weighted by atomic mass is 9.98. The van der Waals surface area contributed by atoms with Crippen molar-refractivity contribution >= 4 is 24.8 Å². The molecule has 0 saturated carbocycles. The first-order valence-corrected chi connectivity index (χ1v) is 7.25. The summed E-state index contributed by atoms with van der Waals surface area (Å²) in [6.45, 7) is 7.42. The molecule has 2 rings (SSSR count). The number of rotatable bonds is 5.